The molecule has 0 unspecified atom stereocenters. The van der Waals surface area contributed by atoms with Gasteiger partial charge in [0.25, 0.3) is 0 Å². The average Bonchev–Trinajstić information content (AvgIpc) is 2.60. The highest BCUT2D eigenvalue weighted by molar-refractivity contribution is 9.10. The van der Waals surface area contributed by atoms with Crippen LogP contribution in [-0.2, 0) is 16.4 Å². The van der Waals surface area contributed by atoms with Crippen molar-refractivity contribution in [1.29, 1.82) is 0 Å². The van der Waals surface area contributed by atoms with Gasteiger partial charge in [0.2, 0.25) is 10.0 Å². The van der Waals surface area contributed by atoms with E-state index < -0.39 is 10.0 Å². The minimum Gasteiger partial charge on any atom is -0.384 e. The van der Waals surface area contributed by atoms with Crippen molar-refractivity contribution in [3.8, 4) is 0 Å². The number of hydrogen-bond acceptors (Lipinski definition) is 3. The zero-order chi connectivity index (χ0) is 12.6. The molecule has 1 aromatic carbocycles. The maximum atomic E-state index is 12.1. The van der Waals surface area contributed by atoms with Crippen LogP contribution >= 0.6 is 15.9 Å². The highest BCUT2D eigenvalue weighted by Gasteiger charge is 2.22. The van der Waals surface area contributed by atoms with E-state index in [0.717, 1.165) is 24.2 Å². The third kappa shape index (κ3) is 2.64. The number of hydrogen-bond donors (Lipinski definition) is 2. The Bertz CT molecular complexity index is 541. The fraction of sp³-hybridized carbons (Fsp3) is 0.455. The van der Waals surface area contributed by atoms with Gasteiger partial charge in [-0.2, -0.15) is 0 Å². The van der Waals surface area contributed by atoms with E-state index in [1.165, 1.54) is 0 Å². The topological polar surface area (TPSA) is 58.2 Å². The Labute approximate surface area is 110 Å². The van der Waals surface area contributed by atoms with Crippen molar-refractivity contribution in [3.63, 3.8) is 0 Å². The predicted molar refractivity (Wildman–Crippen MR) is 71.8 cm³/mol. The van der Waals surface area contributed by atoms with Gasteiger partial charge in [0, 0.05) is 22.7 Å². The number of benzene rings is 1. The molecule has 1 aliphatic heterocycles. The van der Waals surface area contributed by atoms with Crippen LogP contribution in [0.25, 0.3) is 0 Å². The Morgan fingerprint density at radius 2 is 2.12 bits per heavy atom. The molecule has 1 aliphatic rings. The molecule has 0 spiro atoms. The largest absolute Gasteiger partial charge is 0.384 e. The summed E-state index contributed by atoms with van der Waals surface area (Å²) in [6, 6.07) is 3.45. The quantitative estimate of drug-likeness (QED) is 0.897. The van der Waals surface area contributed by atoms with Gasteiger partial charge in [-0.25, -0.2) is 13.1 Å². The van der Waals surface area contributed by atoms with E-state index in [4.69, 9.17) is 0 Å². The van der Waals surface area contributed by atoms with Gasteiger partial charge < -0.3 is 5.32 Å². The van der Waals surface area contributed by atoms with Crippen LogP contribution in [0.1, 0.15) is 19.4 Å². The van der Waals surface area contributed by atoms with Crippen molar-refractivity contribution < 1.29 is 8.42 Å². The lowest BCUT2D eigenvalue weighted by molar-refractivity contribution is 0.569. The second-order valence-corrected chi connectivity index (χ2v) is 6.93. The second-order valence-electron chi connectivity index (χ2n) is 4.39. The van der Waals surface area contributed by atoms with Gasteiger partial charge in [0.1, 0.15) is 0 Å². The number of sulfonamides is 1. The van der Waals surface area contributed by atoms with Crippen LogP contribution in [0.15, 0.2) is 21.5 Å². The molecule has 0 saturated heterocycles. The third-order valence-corrected chi connectivity index (χ3v) is 5.16. The second kappa shape index (κ2) is 4.59. The predicted octanol–water partition coefficient (Wildman–Crippen LogP) is 2.10. The van der Waals surface area contributed by atoms with Crippen LogP contribution < -0.4 is 10.0 Å². The van der Waals surface area contributed by atoms with Gasteiger partial charge in [0.05, 0.1) is 4.90 Å². The minimum atomic E-state index is -3.45. The number of halogens is 1. The molecule has 0 aliphatic carbocycles. The number of nitrogens with one attached hydrogen (secondary N) is 2. The molecule has 0 amide bonds. The Balaban J connectivity index is 2.46. The van der Waals surface area contributed by atoms with Crippen molar-refractivity contribution in [2.24, 2.45) is 0 Å². The molecule has 0 fully saturated rings. The van der Waals surface area contributed by atoms with Crippen LogP contribution in [0.5, 0.6) is 0 Å². The molecule has 6 heteroatoms. The number of fused-ring (bicyclic) bond motifs is 1. The summed E-state index contributed by atoms with van der Waals surface area (Å²) in [4.78, 5) is 0.291. The molecule has 0 bridgehead atoms. The molecule has 0 saturated carbocycles. The van der Waals surface area contributed by atoms with Crippen LogP contribution in [0, 0.1) is 0 Å². The van der Waals surface area contributed by atoms with Gasteiger partial charge in [0.15, 0.2) is 0 Å². The molecular weight excluding hydrogens is 304 g/mol. The first-order valence-corrected chi connectivity index (χ1v) is 7.76. The zero-order valence-electron chi connectivity index (χ0n) is 9.75. The van der Waals surface area contributed by atoms with E-state index in [0.29, 0.717) is 9.37 Å². The summed E-state index contributed by atoms with van der Waals surface area (Å²) in [5, 5.41) is 3.18. The molecule has 0 aromatic heterocycles. The first-order valence-electron chi connectivity index (χ1n) is 5.49. The number of rotatable bonds is 3. The normalized spacial score (nSPS) is 14.8. The summed E-state index contributed by atoms with van der Waals surface area (Å²) in [5.41, 5.74) is 2.07. The summed E-state index contributed by atoms with van der Waals surface area (Å²) >= 11 is 3.33. The molecule has 2 N–H and O–H groups in total. The van der Waals surface area contributed by atoms with Crippen molar-refractivity contribution in [1.82, 2.24) is 4.72 Å². The first kappa shape index (κ1) is 12.9. The highest BCUT2D eigenvalue weighted by Crippen LogP contribution is 2.31. The van der Waals surface area contributed by atoms with Crippen LogP contribution in [0.4, 0.5) is 5.69 Å². The van der Waals surface area contributed by atoms with E-state index in [9.17, 15) is 8.42 Å². The Kier molecular flexibility index (Phi) is 3.47. The Morgan fingerprint density at radius 3 is 2.76 bits per heavy atom. The van der Waals surface area contributed by atoms with Gasteiger partial charge >= 0.3 is 0 Å². The average molecular weight is 319 g/mol. The van der Waals surface area contributed by atoms with Gasteiger partial charge in [-0.15, -0.1) is 0 Å². The molecule has 94 valence electrons. The van der Waals surface area contributed by atoms with Crippen LogP contribution in [0.2, 0.25) is 0 Å². The summed E-state index contributed by atoms with van der Waals surface area (Å²) in [7, 11) is -3.45. The maximum Gasteiger partial charge on any atom is 0.241 e. The minimum absolute atomic E-state index is 0.117. The van der Waals surface area contributed by atoms with E-state index >= 15 is 0 Å². The maximum absolute atomic E-state index is 12.1. The van der Waals surface area contributed by atoms with Crippen molar-refractivity contribution in [3.05, 3.63) is 22.2 Å². The molecule has 1 aromatic rings. The molecule has 2 rings (SSSR count). The van der Waals surface area contributed by atoms with E-state index in [1.807, 2.05) is 6.07 Å². The third-order valence-electron chi connectivity index (χ3n) is 2.55. The van der Waals surface area contributed by atoms with Gasteiger partial charge in [-0.1, -0.05) is 0 Å². The van der Waals surface area contributed by atoms with Crippen molar-refractivity contribution in [2.75, 3.05) is 11.9 Å². The lowest BCUT2D eigenvalue weighted by atomic mass is 10.2. The first-order chi connectivity index (χ1) is 7.90. The monoisotopic (exact) mass is 318 g/mol. The lowest BCUT2D eigenvalue weighted by Crippen LogP contribution is -2.30. The van der Waals surface area contributed by atoms with Crippen molar-refractivity contribution in [2.45, 2.75) is 31.2 Å². The van der Waals surface area contributed by atoms with Gasteiger partial charge in [-0.05, 0) is 53.9 Å². The van der Waals surface area contributed by atoms with E-state index in [2.05, 4.69) is 26.0 Å². The number of anilines is 1. The SMILES string of the molecule is CC(C)NS(=O)(=O)c1cc2c(cc1Br)CCN2. The van der Waals surface area contributed by atoms with Crippen LogP contribution in [0.3, 0.4) is 0 Å². The molecule has 1 heterocycles. The Hall–Kier alpha value is -0.590. The molecular formula is C11H15BrN2O2S. The van der Waals surface area contributed by atoms with Crippen LogP contribution in [-0.4, -0.2) is 21.0 Å². The summed E-state index contributed by atoms with van der Waals surface area (Å²) in [5.74, 6) is 0. The summed E-state index contributed by atoms with van der Waals surface area (Å²) in [6.07, 6.45) is 0.936. The Morgan fingerprint density at radius 1 is 1.41 bits per heavy atom. The van der Waals surface area contributed by atoms with E-state index in [-0.39, 0.29) is 6.04 Å². The summed E-state index contributed by atoms with van der Waals surface area (Å²) in [6.45, 7) is 4.47. The fourth-order valence-electron chi connectivity index (χ4n) is 1.88. The molecule has 0 atom stereocenters. The molecule has 0 radical (unpaired) electrons. The molecule has 17 heavy (non-hydrogen) atoms. The summed E-state index contributed by atoms with van der Waals surface area (Å²) < 4.78 is 27.4. The lowest BCUT2D eigenvalue weighted by Gasteiger charge is -2.12. The van der Waals surface area contributed by atoms with E-state index in [1.54, 1.807) is 19.9 Å². The molecule has 4 nitrogen and oxygen atoms in total. The standard InChI is InChI=1S/C11H15BrN2O2S/c1-7(2)14-17(15,16)11-6-10-8(3-4-13-10)5-9(11)12/h5-7,13-14H,3-4H2,1-2H3. The fourth-order valence-corrected chi connectivity index (χ4v) is 4.24. The highest BCUT2D eigenvalue weighted by atomic mass is 79.9. The smallest absolute Gasteiger partial charge is 0.241 e. The zero-order valence-corrected chi connectivity index (χ0v) is 12.2. The van der Waals surface area contributed by atoms with Gasteiger partial charge in [-0.3, -0.25) is 0 Å². The van der Waals surface area contributed by atoms with Crippen molar-refractivity contribution >= 4 is 31.6 Å².